The largest absolute Gasteiger partial charge is 0.497 e. The topological polar surface area (TPSA) is 210 Å². The highest BCUT2D eigenvalue weighted by Gasteiger charge is 2.62. The van der Waals surface area contributed by atoms with Gasteiger partial charge in [-0.2, -0.15) is 0 Å². The molecule has 5 rings (SSSR count). The minimum atomic E-state index is -3.93. The second kappa shape index (κ2) is 13.9. The Labute approximate surface area is 283 Å². The molecule has 5 atom stereocenters. The van der Waals surface area contributed by atoms with Crippen LogP contribution in [-0.4, -0.2) is 95.6 Å². The SMILES string of the molecule is C=C[C@@H]1C[C@]1(NC(=O)[C@@H]1C[C@@H](Oc2nccc3cc(OC)ccc23)CN1C(=O)[C@H](CC(=O)C(C)=CC)NC(=O)O)C(=O)NS(=O)(=O)C1CC1. The van der Waals surface area contributed by atoms with Gasteiger partial charge in [-0.3, -0.25) is 23.9 Å². The molecule has 1 aromatic heterocycles. The maximum atomic E-state index is 14.0. The molecular formula is C33H39N5O10S. The standard InChI is InChI=1S/C33H39N5O10S/c1-5-18(3)27(39)15-25(35-32(43)44)30(41)38-17-22(48-29-24-10-7-21(47-4)13-19(24)11-12-34-29)14-26(38)28(40)36-33(16-20(33)6-2)31(42)37-49(45,46)23-8-9-23/h5-7,10-13,20,22-23,25-26,35H,2,8-9,14-17H2,1,3-4H3,(H,36,40)(H,37,42)(H,43,44)/t20-,22-,25+,26+,33-/m1/s1. The van der Waals surface area contributed by atoms with Crippen molar-refractivity contribution >= 4 is 50.4 Å². The summed E-state index contributed by atoms with van der Waals surface area (Å²) in [6.07, 6.45) is 2.46. The number of benzene rings is 1. The highest BCUT2D eigenvalue weighted by Crippen LogP contribution is 2.45. The number of carbonyl (C=O) groups excluding carboxylic acids is 4. The van der Waals surface area contributed by atoms with Crippen LogP contribution in [0.5, 0.6) is 11.6 Å². The van der Waals surface area contributed by atoms with E-state index in [0.29, 0.717) is 29.6 Å². The van der Waals surface area contributed by atoms with Gasteiger partial charge in [0.25, 0.3) is 5.91 Å². The summed E-state index contributed by atoms with van der Waals surface area (Å²) in [5.74, 6) is -2.78. The Balaban J connectivity index is 1.44. The number of rotatable bonds is 14. The summed E-state index contributed by atoms with van der Waals surface area (Å²) in [7, 11) is -2.40. The monoisotopic (exact) mass is 697 g/mol. The van der Waals surface area contributed by atoms with Crippen molar-refractivity contribution in [1.29, 1.82) is 0 Å². The van der Waals surface area contributed by atoms with Crippen LogP contribution < -0.4 is 24.8 Å². The molecule has 262 valence electrons. The van der Waals surface area contributed by atoms with Crippen molar-refractivity contribution in [3.63, 3.8) is 0 Å². The van der Waals surface area contributed by atoms with E-state index >= 15 is 0 Å². The maximum Gasteiger partial charge on any atom is 0.405 e. The molecule has 3 fully saturated rings. The number of ketones is 1. The van der Waals surface area contributed by atoms with Gasteiger partial charge >= 0.3 is 6.09 Å². The highest BCUT2D eigenvalue weighted by molar-refractivity contribution is 7.91. The minimum absolute atomic E-state index is 0.0819. The predicted octanol–water partition coefficient (Wildman–Crippen LogP) is 1.82. The Hall–Kier alpha value is -4.99. The fourth-order valence-electron chi connectivity index (χ4n) is 5.96. The number of likely N-dealkylation sites (tertiary alicyclic amines) is 1. The second-order valence-corrected chi connectivity index (χ2v) is 14.4. The number of ether oxygens (including phenoxy) is 2. The summed E-state index contributed by atoms with van der Waals surface area (Å²) in [4.78, 5) is 71.3. The van der Waals surface area contributed by atoms with Crippen LogP contribution in [0.15, 0.2) is 54.8 Å². The fraction of sp³-hybridized carbons (Fsp3) is 0.455. The number of hydrogen-bond acceptors (Lipinski definition) is 10. The van der Waals surface area contributed by atoms with Gasteiger partial charge in [0.2, 0.25) is 27.7 Å². The van der Waals surface area contributed by atoms with Crippen molar-refractivity contribution in [3.05, 3.63) is 54.8 Å². The molecule has 0 spiro atoms. The summed E-state index contributed by atoms with van der Waals surface area (Å²) in [6.45, 7) is 6.68. The molecule has 4 N–H and O–H groups in total. The van der Waals surface area contributed by atoms with Crippen LogP contribution in [0.3, 0.4) is 0 Å². The lowest BCUT2D eigenvalue weighted by Gasteiger charge is -2.29. The van der Waals surface area contributed by atoms with E-state index in [9.17, 15) is 37.5 Å². The Morgan fingerprint density at radius 3 is 2.55 bits per heavy atom. The van der Waals surface area contributed by atoms with Crippen molar-refractivity contribution in [2.45, 2.75) is 74.9 Å². The third-order valence-electron chi connectivity index (χ3n) is 9.17. The Bertz CT molecular complexity index is 1840. The van der Waals surface area contributed by atoms with Gasteiger partial charge in [0.05, 0.1) is 18.9 Å². The van der Waals surface area contributed by atoms with Gasteiger partial charge in [-0.1, -0.05) is 12.2 Å². The number of methoxy groups -OCH3 is 1. The molecule has 15 nitrogen and oxygen atoms in total. The van der Waals surface area contributed by atoms with Crippen LogP contribution >= 0.6 is 0 Å². The summed E-state index contributed by atoms with van der Waals surface area (Å²) < 4.78 is 38.8. The van der Waals surface area contributed by atoms with Gasteiger partial charge in [0, 0.05) is 30.3 Å². The number of hydrogen-bond donors (Lipinski definition) is 4. The van der Waals surface area contributed by atoms with Gasteiger partial charge in [0.1, 0.15) is 29.5 Å². The number of aromatic nitrogens is 1. The van der Waals surface area contributed by atoms with E-state index in [2.05, 4.69) is 26.9 Å². The fourth-order valence-corrected chi connectivity index (χ4v) is 7.32. The van der Waals surface area contributed by atoms with Crippen molar-refractivity contribution in [2.75, 3.05) is 13.7 Å². The van der Waals surface area contributed by atoms with E-state index in [1.54, 1.807) is 31.2 Å². The lowest BCUT2D eigenvalue weighted by Crippen LogP contribution is -2.58. The quantitative estimate of drug-likeness (QED) is 0.165. The first-order valence-corrected chi connectivity index (χ1v) is 17.3. The number of Topliss-reactive ketones (excluding diaryl/α,β-unsaturated/α-hetero) is 1. The van der Waals surface area contributed by atoms with Gasteiger partial charge in [-0.25, -0.2) is 18.2 Å². The van der Waals surface area contributed by atoms with E-state index in [1.165, 1.54) is 32.4 Å². The number of amides is 4. The second-order valence-electron chi connectivity index (χ2n) is 12.5. The molecule has 1 saturated heterocycles. The first kappa shape index (κ1) is 35.3. The number of fused-ring (bicyclic) bond motifs is 1. The van der Waals surface area contributed by atoms with Crippen LogP contribution in [-0.2, 0) is 29.2 Å². The van der Waals surface area contributed by atoms with Crippen molar-refractivity contribution in [1.82, 2.24) is 25.2 Å². The molecular weight excluding hydrogens is 658 g/mol. The molecule has 2 saturated carbocycles. The van der Waals surface area contributed by atoms with Crippen LogP contribution in [0, 0.1) is 5.92 Å². The third kappa shape index (κ3) is 7.53. The Kier molecular flexibility index (Phi) is 9.99. The van der Waals surface area contributed by atoms with Gasteiger partial charge in [-0.15, -0.1) is 6.58 Å². The molecule has 2 aromatic rings. The molecule has 2 heterocycles. The molecule has 2 aliphatic carbocycles. The van der Waals surface area contributed by atoms with Gasteiger partial charge in [0.15, 0.2) is 5.78 Å². The molecule has 3 aliphatic rings. The summed E-state index contributed by atoms with van der Waals surface area (Å²) in [5, 5.41) is 15.0. The Morgan fingerprint density at radius 1 is 1.20 bits per heavy atom. The molecule has 0 bridgehead atoms. The van der Waals surface area contributed by atoms with E-state index in [-0.39, 0.29) is 25.3 Å². The lowest BCUT2D eigenvalue weighted by molar-refractivity contribution is -0.141. The maximum absolute atomic E-state index is 14.0. The normalized spacial score (nSPS) is 24.0. The number of carboxylic acid groups (broad SMARTS) is 1. The Morgan fingerprint density at radius 2 is 1.94 bits per heavy atom. The number of nitrogens with zero attached hydrogens (tertiary/aromatic N) is 2. The molecule has 1 aliphatic heterocycles. The number of pyridine rings is 1. The number of allylic oxidation sites excluding steroid dienone is 2. The van der Waals surface area contributed by atoms with Gasteiger partial charge < -0.3 is 30.1 Å². The molecule has 4 amide bonds. The van der Waals surface area contributed by atoms with E-state index in [4.69, 9.17) is 9.47 Å². The van der Waals surface area contributed by atoms with Crippen LogP contribution in [0.25, 0.3) is 10.8 Å². The zero-order valence-electron chi connectivity index (χ0n) is 27.3. The summed E-state index contributed by atoms with van der Waals surface area (Å²) in [5.41, 5.74) is -1.30. The highest BCUT2D eigenvalue weighted by atomic mass is 32.2. The van der Waals surface area contributed by atoms with E-state index in [1.807, 2.05) is 0 Å². The average Bonchev–Trinajstić information content (AvgIpc) is 4.00. The molecule has 16 heteroatoms. The molecule has 0 radical (unpaired) electrons. The van der Waals surface area contributed by atoms with Crippen LogP contribution in [0.2, 0.25) is 0 Å². The zero-order chi connectivity index (χ0) is 35.7. The van der Waals surface area contributed by atoms with E-state index in [0.717, 1.165) is 10.3 Å². The number of sulfonamides is 1. The minimum Gasteiger partial charge on any atom is -0.497 e. The summed E-state index contributed by atoms with van der Waals surface area (Å²) >= 11 is 0. The van der Waals surface area contributed by atoms with Crippen molar-refractivity contribution in [3.8, 4) is 11.6 Å². The predicted molar refractivity (Wildman–Crippen MR) is 176 cm³/mol. The smallest absolute Gasteiger partial charge is 0.405 e. The van der Waals surface area contributed by atoms with E-state index < -0.39 is 80.9 Å². The van der Waals surface area contributed by atoms with Crippen LogP contribution in [0.1, 0.15) is 46.0 Å². The van der Waals surface area contributed by atoms with Gasteiger partial charge in [-0.05, 0) is 68.3 Å². The summed E-state index contributed by atoms with van der Waals surface area (Å²) in [6, 6.07) is 4.19. The van der Waals surface area contributed by atoms with Crippen LogP contribution in [0.4, 0.5) is 4.79 Å². The van der Waals surface area contributed by atoms with Crippen molar-refractivity contribution in [2.24, 2.45) is 5.92 Å². The number of nitrogens with one attached hydrogen (secondary N) is 3. The molecule has 0 unspecified atom stereocenters. The zero-order valence-corrected chi connectivity index (χ0v) is 28.1. The molecule has 1 aromatic carbocycles. The van der Waals surface area contributed by atoms with Crippen molar-refractivity contribution < 1.29 is 47.0 Å². The molecule has 49 heavy (non-hydrogen) atoms. The first-order chi connectivity index (χ1) is 23.2. The average molecular weight is 698 g/mol. The lowest BCUT2D eigenvalue weighted by atomic mass is 10.0. The number of carbonyl (C=O) groups is 5. The third-order valence-corrected chi connectivity index (χ3v) is 11.0. The first-order valence-electron chi connectivity index (χ1n) is 15.8.